The van der Waals surface area contributed by atoms with Crippen molar-refractivity contribution in [3.63, 3.8) is 0 Å². The van der Waals surface area contributed by atoms with Gasteiger partial charge in [0.15, 0.2) is 5.78 Å². The molecule has 2 aromatic carbocycles. The first-order chi connectivity index (χ1) is 10.5. The summed E-state index contributed by atoms with van der Waals surface area (Å²) in [5.41, 5.74) is 3.93. The van der Waals surface area contributed by atoms with Crippen molar-refractivity contribution in [2.45, 2.75) is 6.42 Å². The highest BCUT2D eigenvalue weighted by atomic mass is 79.9. The molecule has 2 aromatic rings. The van der Waals surface area contributed by atoms with E-state index < -0.39 is 0 Å². The third-order valence-electron chi connectivity index (χ3n) is 3.97. The summed E-state index contributed by atoms with van der Waals surface area (Å²) < 4.78 is 1.71. The van der Waals surface area contributed by atoms with Crippen LogP contribution in [0.1, 0.15) is 26.3 Å². The third-order valence-corrected chi connectivity index (χ3v) is 4.96. The van der Waals surface area contributed by atoms with Crippen molar-refractivity contribution in [2.24, 2.45) is 0 Å². The van der Waals surface area contributed by atoms with Gasteiger partial charge >= 0.3 is 0 Å². The standard InChI is InChI=1S/C17H9Br2NO2/c18-9-2-1-8-5-13(16(21)11(8)6-9)15-17(22)12-7-10(19)3-4-14(12)20-15/h1-4,6-7,20H,5H2/b15-13-. The van der Waals surface area contributed by atoms with Gasteiger partial charge < -0.3 is 5.32 Å². The molecule has 0 unspecified atom stereocenters. The Morgan fingerprint density at radius 3 is 2.32 bits per heavy atom. The van der Waals surface area contributed by atoms with E-state index in [0.29, 0.717) is 28.8 Å². The van der Waals surface area contributed by atoms with E-state index in [-0.39, 0.29) is 11.6 Å². The molecule has 108 valence electrons. The van der Waals surface area contributed by atoms with Gasteiger partial charge in [-0.05, 0) is 35.9 Å². The van der Waals surface area contributed by atoms with Crippen LogP contribution in [0.25, 0.3) is 0 Å². The number of rotatable bonds is 0. The van der Waals surface area contributed by atoms with Crippen molar-refractivity contribution in [1.82, 2.24) is 0 Å². The lowest BCUT2D eigenvalue weighted by molar-refractivity contribution is 0.101. The van der Waals surface area contributed by atoms with Crippen molar-refractivity contribution in [1.29, 1.82) is 0 Å². The van der Waals surface area contributed by atoms with E-state index in [1.807, 2.05) is 30.3 Å². The number of fused-ring (bicyclic) bond motifs is 2. The number of hydrogen-bond acceptors (Lipinski definition) is 3. The SMILES string of the molecule is O=C1/C(=C2\Nc3ccc(Br)cc3C2=O)Cc2ccc(Br)cc21. The molecule has 1 aliphatic carbocycles. The Hall–Kier alpha value is -1.72. The summed E-state index contributed by atoms with van der Waals surface area (Å²) in [5, 5.41) is 3.11. The predicted octanol–water partition coefficient (Wildman–Crippen LogP) is 4.51. The molecule has 3 nitrogen and oxygen atoms in total. The number of benzene rings is 2. The van der Waals surface area contributed by atoms with Gasteiger partial charge in [0.2, 0.25) is 5.78 Å². The van der Waals surface area contributed by atoms with Gasteiger partial charge in [-0.25, -0.2) is 0 Å². The summed E-state index contributed by atoms with van der Waals surface area (Å²) in [5.74, 6) is -0.189. The van der Waals surface area contributed by atoms with Crippen LogP contribution in [0.15, 0.2) is 56.6 Å². The first kappa shape index (κ1) is 13.9. The van der Waals surface area contributed by atoms with E-state index in [9.17, 15) is 9.59 Å². The molecule has 0 atom stereocenters. The van der Waals surface area contributed by atoms with Crippen molar-refractivity contribution in [3.8, 4) is 0 Å². The first-order valence-electron chi connectivity index (χ1n) is 6.72. The average molecular weight is 419 g/mol. The molecule has 4 rings (SSSR count). The smallest absolute Gasteiger partial charge is 0.211 e. The van der Waals surface area contributed by atoms with Gasteiger partial charge in [0, 0.05) is 37.8 Å². The Kier molecular flexibility index (Phi) is 3.09. The van der Waals surface area contributed by atoms with Crippen LogP contribution in [0.4, 0.5) is 5.69 Å². The zero-order chi connectivity index (χ0) is 15.4. The summed E-state index contributed by atoms with van der Waals surface area (Å²) in [6.07, 6.45) is 0.491. The molecule has 0 fully saturated rings. The summed E-state index contributed by atoms with van der Waals surface area (Å²) >= 11 is 6.75. The minimum absolute atomic E-state index is 0.0704. The Bertz CT molecular complexity index is 826. The number of anilines is 1. The van der Waals surface area contributed by atoms with Crippen LogP contribution in [0, 0.1) is 0 Å². The highest BCUT2D eigenvalue weighted by Gasteiger charge is 2.34. The van der Waals surface area contributed by atoms with Gasteiger partial charge in [-0.2, -0.15) is 0 Å². The van der Waals surface area contributed by atoms with Crippen LogP contribution in [-0.2, 0) is 6.42 Å². The molecule has 22 heavy (non-hydrogen) atoms. The molecule has 0 amide bonds. The van der Waals surface area contributed by atoms with Crippen LogP contribution < -0.4 is 5.32 Å². The number of ketones is 2. The highest BCUT2D eigenvalue weighted by molar-refractivity contribution is 9.10. The zero-order valence-corrected chi connectivity index (χ0v) is 14.4. The predicted molar refractivity (Wildman–Crippen MR) is 91.3 cm³/mol. The second-order valence-electron chi connectivity index (χ2n) is 5.30. The van der Waals surface area contributed by atoms with Crippen molar-refractivity contribution in [2.75, 3.05) is 5.32 Å². The van der Waals surface area contributed by atoms with Gasteiger partial charge in [-0.1, -0.05) is 37.9 Å². The molecule has 5 heteroatoms. The van der Waals surface area contributed by atoms with Crippen molar-refractivity contribution < 1.29 is 9.59 Å². The lowest BCUT2D eigenvalue weighted by Gasteiger charge is -2.02. The summed E-state index contributed by atoms with van der Waals surface area (Å²) in [6, 6.07) is 11.1. The number of carbonyl (C=O) groups excluding carboxylic acids is 2. The van der Waals surface area contributed by atoms with E-state index in [0.717, 1.165) is 20.2 Å². The molecule has 1 heterocycles. The molecule has 0 spiro atoms. The van der Waals surface area contributed by atoms with Crippen LogP contribution in [-0.4, -0.2) is 11.6 Å². The molecule has 0 saturated carbocycles. The summed E-state index contributed by atoms with van der Waals surface area (Å²) in [4.78, 5) is 25.2. The lowest BCUT2D eigenvalue weighted by Crippen LogP contribution is -2.09. The van der Waals surface area contributed by atoms with E-state index in [1.165, 1.54) is 0 Å². The molecular weight excluding hydrogens is 410 g/mol. The average Bonchev–Trinajstić information content (AvgIpc) is 2.98. The molecule has 1 aliphatic heterocycles. The monoisotopic (exact) mass is 417 g/mol. The van der Waals surface area contributed by atoms with Gasteiger partial charge in [-0.3, -0.25) is 9.59 Å². The maximum absolute atomic E-state index is 12.6. The number of nitrogens with one attached hydrogen (secondary N) is 1. The Balaban J connectivity index is 1.82. The maximum Gasteiger partial charge on any atom is 0.211 e. The minimum atomic E-state index is -0.119. The first-order valence-corrected chi connectivity index (χ1v) is 8.31. The largest absolute Gasteiger partial charge is 0.351 e. The molecule has 0 aromatic heterocycles. The molecule has 0 bridgehead atoms. The summed E-state index contributed by atoms with van der Waals surface area (Å²) in [7, 11) is 0. The van der Waals surface area contributed by atoms with Crippen LogP contribution in [0.3, 0.4) is 0 Å². The van der Waals surface area contributed by atoms with Crippen LogP contribution >= 0.6 is 31.9 Å². The number of halogens is 2. The second kappa shape index (κ2) is 4.89. The molecule has 1 N–H and O–H groups in total. The number of Topliss-reactive ketones (excluding diaryl/α,β-unsaturated/α-hetero) is 2. The summed E-state index contributed by atoms with van der Waals surface area (Å²) in [6.45, 7) is 0. The molecule has 2 aliphatic rings. The van der Waals surface area contributed by atoms with Gasteiger partial charge in [-0.15, -0.1) is 0 Å². The normalized spacial score (nSPS) is 19.2. The fourth-order valence-electron chi connectivity index (χ4n) is 2.90. The molecular formula is C17H9Br2NO2. The van der Waals surface area contributed by atoms with E-state index in [2.05, 4.69) is 37.2 Å². The minimum Gasteiger partial charge on any atom is -0.351 e. The van der Waals surface area contributed by atoms with E-state index in [1.54, 1.807) is 6.07 Å². The van der Waals surface area contributed by atoms with Crippen LogP contribution in [0.5, 0.6) is 0 Å². The quantitative estimate of drug-likeness (QED) is 0.640. The second-order valence-corrected chi connectivity index (χ2v) is 7.14. The fourth-order valence-corrected chi connectivity index (χ4v) is 3.62. The Labute approximate surface area is 143 Å². The van der Waals surface area contributed by atoms with E-state index in [4.69, 9.17) is 0 Å². The van der Waals surface area contributed by atoms with Crippen LogP contribution in [0.2, 0.25) is 0 Å². The zero-order valence-electron chi connectivity index (χ0n) is 11.2. The number of carbonyl (C=O) groups is 2. The Morgan fingerprint density at radius 2 is 1.55 bits per heavy atom. The Morgan fingerprint density at radius 1 is 0.864 bits per heavy atom. The van der Waals surface area contributed by atoms with Gasteiger partial charge in [0.1, 0.15) is 0 Å². The maximum atomic E-state index is 12.6. The van der Waals surface area contributed by atoms with E-state index >= 15 is 0 Å². The van der Waals surface area contributed by atoms with Crippen molar-refractivity contribution >= 4 is 49.1 Å². The third kappa shape index (κ3) is 2.00. The number of allylic oxidation sites excluding steroid dienone is 2. The molecule has 0 radical (unpaired) electrons. The number of hydrogen-bond donors (Lipinski definition) is 1. The lowest BCUT2D eigenvalue weighted by atomic mass is 10.1. The topological polar surface area (TPSA) is 46.2 Å². The highest BCUT2D eigenvalue weighted by Crippen LogP contribution is 2.36. The molecule has 0 saturated heterocycles. The fraction of sp³-hybridized carbons (Fsp3) is 0.0588. The van der Waals surface area contributed by atoms with Crippen molar-refractivity contribution in [3.05, 3.63) is 73.3 Å². The van der Waals surface area contributed by atoms with Gasteiger partial charge in [0.25, 0.3) is 0 Å². The van der Waals surface area contributed by atoms with Gasteiger partial charge in [0.05, 0.1) is 5.70 Å².